The average molecular weight is 428 g/mol. The Morgan fingerprint density at radius 2 is 1.69 bits per heavy atom. The van der Waals surface area contributed by atoms with Crippen LogP contribution in [0.25, 0.3) is 22.2 Å². The molecule has 2 heterocycles. The first-order valence-electron chi connectivity index (χ1n) is 10.2. The van der Waals surface area contributed by atoms with E-state index in [9.17, 15) is 9.59 Å². The van der Waals surface area contributed by atoms with Gasteiger partial charge in [-0.1, -0.05) is 24.3 Å². The van der Waals surface area contributed by atoms with Gasteiger partial charge in [0.2, 0.25) is 0 Å². The minimum absolute atomic E-state index is 0.0778. The summed E-state index contributed by atoms with van der Waals surface area (Å²) in [6.45, 7) is 1.40. The van der Waals surface area contributed by atoms with Crippen LogP contribution in [0.5, 0.6) is 0 Å². The number of amides is 1. The highest BCUT2D eigenvalue weighted by Gasteiger charge is 2.08. The number of nitrogens with zero attached hydrogens (tertiary/aromatic N) is 3. The van der Waals surface area contributed by atoms with Gasteiger partial charge in [0.1, 0.15) is 5.82 Å². The van der Waals surface area contributed by atoms with E-state index in [1.165, 1.54) is 0 Å². The molecule has 32 heavy (non-hydrogen) atoms. The number of hydrogen-bond donors (Lipinski definition) is 3. The van der Waals surface area contributed by atoms with Crippen LogP contribution in [-0.4, -0.2) is 52.9 Å². The normalized spacial score (nSPS) is 11.0. The van der Waals surface area contributed by atoms with Gasteiger partial charge in [-0.3, -0.25) is 9.78 Å². The van der Waals surface area contributed by atoms with Crippen molar-refractivity contribution in [3.05, 3.63) is 82.9 Å². The van der Waals surface area contributed by atoms with E-state index < -0.39 is 5.69 Å². The Labute approximate surface area is 185 Å². The lowest BCUT2D eigenvalue weighted by atomic mass is 10.0. The van der Waals surface area contributed by atoms with Crippen molar-refractivity contribution in [3.63, 3.8) is 0 Å². The van der Waals surface area contributed by atoms with Crippen LogP contribution in [0.2, 0.25) is 0 Å². The van der Waals surface area contributed by atoms with Gasteiger partial charge < -0.3 is 15.5 Å². The molecule has 0 aliphatic carbocycles. The molecule has 0 saturated heterocycles. The minimum Gasteiger partial charge on any atom is -0.351 e. The molecule has 0 spiro atoms. The molecule has 0 bridgehead atoms. The van der Waals surface area contributed by atoms with Gasteiger partial charge in [0.25, 0.3) is 5.91 Å². The van der Waals surface area contributed by atoms with E-state index in [1.807, 2.05) is 73.6 Å². The maximum atomic E-state index is 12.2. The Kier molecular flexibility index (Phi) is 6.23. The van der Waals surface area contributed by atoms with Crippen LogP contribution >= 0.6 is 0 Å². The number of anilines is 2. The summed E-state index contributed by atoms with van der Waals surface area (Å²) >= 11 is 0. The standard InChI is InChI=1S/C24H24N6O2/c1-30(2)15-14-26-23(31)18-7-5-16(6-8-18)17-9-11-19(12-10-17)27-22-20-4-3-13-25-21(20)28-24(32)29-22/h3-13H,14-15H2,1-2H3,(H,26,31)(H2,25,27,28,29,32). The molecule has 1 amide bonds. The topological polar surface area (TPSA) is 103 Å². The molecule has 0 aliphatic rings. The molecule has 0 fully saturated rings. The Bertz CT molecular complexity index is 1280. The summed E-state index contributed by atoms with van der Waals surface area (Å²) in [4.78, 5) is 36.8. The van der Waals surface area contributed by atoms with Gasteiger partial charge in [0, 0.05) is 30.5 Å². The number of carbonyl (C=O) groups is 1. The zero-order valence-electron chi connectivity index (χ0n) is 17.9. The third-order valence-corrected chi connectivity index (χ3v) is 4.97. The fraction of sp³-hybridized carbons (Fsp3) is 0.167. The Balaban J connectivity index is 1.46. The lowest BCUT2D eigenvalue weighted by Crippen LogP contribution is -2.31. The summed E-state index contributed by atoms with van der Waals surface area (Å²) in [5.74, 6) is 0.469. The monoisotopic (exact) mass is 428 g/mol. The van der Waals surface area contributed by atoms with Crippen LogP contribution < -0.4 is 16.3 Å². The Morgan fingerprint density at radius 3 is 2.38 bits per heavy atom. The molecule has 2 aromatic carbocycles. The average Bonchev–Trinajstić information content (AvgIpc) is 2.79. The van der Waals surface area contributed by atoms with E-state index in [0.29, 0.717) is 23.6 Å². The molecule has 0 aliphatic heterocycles. The molecule has 4 rings (SSSR count). The summed E-state index contributed by atoms with van der Waals surface area (Å²) in [5.41, 5.74) is 3.41. The number of nitrogens with one attached hydrogen (secondary N) is 3. The highest BCUT2D eigenvalue weighted by atomic mass is 16.1. The van der Waals surface area contributed by atoms with Crippen molar-refractivity contribution in [1.29, 1.82) is 0 Å². The summed E-state index contributed by atoms with van der Waals surface area (Å²) in [7, 11) is 3.94. The zero-order chi connectivity index (χ0) is 22.5. The fourth-order valence-corrected chi connectivity index (χ4v) is 3.28. The minimum atomic E-state index is -0.457. The molecule has 0 saturated carbocycles. The molecular formula is C24H24N6O2. The van der Waals surface area contributed by atoms with Crippen LogP contribution in [0.15, 0.2) is 71.7 Å². The van der Waals surface area contributed by atoms with Gasteiger partial charge in [-0.05, 0) is 61.6 Å². The van der Waals surface area contributed by atoms with Crippen molar-refractivity contribution in [2.24, 2.45) is 0 Å². The largest absolute Gasteiger partial charge is 0.351 e. The molecule has 0 radical (unpaired) electrons. The van der Waals surface area contributed by atoms with E-state index in [-0.39, 0.29) is 5.91 Å². The first-order chi connectivity index (χ1) is 15.5. The number of carbonyl (C=O) groups excluding carboxylic acids is 1. The van der Waals surface area contributed by atoms with Crippen molar-refractivity contribution < 1.29 is 4.79 Å². The van der Waals surface area contributed by atoms with Gasteiger partial charge >= 0.3 is 5.69 Å². The molecule has 2 aromatic heterocycles. The van der Waals surface area contributed by atoms with Crippen molar-refractivity contribution in [3.8, 4) is 11.1 Å². The summed E-state index contributed by atoms with van der Waals surface area (Å²) in [5, 5.41) is 6.87. The number of fused-ring (bicyclic) bond motifs is 1. The van der Waals surface area contributed by atoms with Crippen LogP contribution in [0.3, 0.4) is 0 Å². The maximum Gasteiger partial charge on any atom is 0.348 e. The smallest absolute Gasteiger partial charge is 0.348 e. The van der Waals surface area contributed by atoms with E-state index in [1.54, 1.807) is 12.3 Å². The van der Waals surface area contributed by atoms with Gasteiger partial charge in [-0.25, -0.2) is 9.78 Å². The molecule has 162 valence electrons. The quantitative estimate of drug-likeness (QED) is 0.418. The van der Waals surface area contributed by atoms with E-state index in [4.69, 9.17) is 0 Å². The molecular weight excluding hydrogens is 404 g/mol. The van der Waals surface area contributed by atoms with Crippen molar-refractivity contribution in [2.75, 3.05) is 32.5 Å². The van der Waals surface area contributed by atoms with E-state index in [2.05, 4.69) is 25.6 Å². The molecule has 4 aromatic rings. The summed E-state index contributed by atoms with van der Waals surface area (Å²) < 4.78 is 0. The van der Waals surface area contributed by atoms with Crippen LogP contribution in [0.4, 0.5) is 11.5 Å². The Hall–Kier alpha value is -4.04. The van der Waals surface area contributed by atoms with Crippen LogP contribution in [-0.2, 0) is 0 Å². The van der Waals surface area contributed by atoms with Gasteiger partial charge in [0.05, 0.1) is 5.39 Å². The lowest BCUT2D eigenvalue weighted by Gasteiger charge is -2.11. The zero-order valence-corrected chi connectivity index (χ0v) is 17.9. The van der Waals surface area contributed by atoms with Gasteiger partial charge in [-0.15, -0.1) is 0 Å². The van der Waals surface area contributed by atoms with Gasteiger partial charge in [-0.2, -0.15) is 4.98 Å². The summed E-state index contributed by atoms with van der Waals surface area (Å²) in [6, 6.07) is 19.0. The number of likely N-dealkylation sites (N-methyl/N-ethyl adjacent to an activating group) is 1. The second kappa shape index (κ2) is 9.40. The summed E-state index contributed by atoms with van der Waals surface area (Å²) in [6.07, 6.45) is 1.60. The molecule has 8 heteroatoms. The maximum absolute atomic E-state index is 12.2. The number of aromatic amines is 1. The SMILES string of the molecule is CN(C)CCNC(=O)c1ccc(-c2ccc(Nc3[nH]c(=O)nc4ncccc34)cc2)cc1. The van der Waals surface area contributed by atoms with E-state index in [0.717, 1.165) is 28.7 Å². The highest BCUT2D eigenvalue weighted by molar-refractivity contribution is 5.94. The predicted octanol–water partition coefficient (Wildman–Crippen LogP) is 3.02. The first kappa shape index (κ1) is 21.2. The number of aromatic nitrogens is 3. The first-order valence-corrected chi connectivity index (χ1v) is 10.2. The lowest BCUT2D eigenvalue weighted by molar-refractivity contribution is 0.0951. The van der Waals surface area contributed by atoms with E-state index >= 15 is 0 Å². The third kappa shape index (κ3) is 4.98. The number of benzene rings is 2. The van der Waals surface area contributed by atoms with Crippen molar-refractivity contribution >= 4 is 28.4 Å². The fourth-order valence-electron chi connectivity index (χ4n) is 3.28. The third-order valence-electron chi connectivity index (χ3n) is 4.97. The second-order valence-corrected chi connectivity index (χ2v) is 7.63. The molecule has 8 nitrogen and oxygen atoms in total. The van der Waals surface area contributed by atoms with Crippen LogP contribution in [0, 0.1) is 0 Å². The number of rotatable bonds is 7. The molecule has 0 atom stereocenters. The Morgan fingerprint density at radius 1 is 1.00 bits per heavy atom. The second-order valence-electron chi connectivity index (χ2n) is 7.63. The predicted molar refractivity (Wildman–Crippen MR) is 126 cm³/mol. The van der Waals surface area contributed by atoms with Crippen LogP contribution in [0.1, 0.15) is 10.4 Å². The van der Waals surface area contributed by atoms with Crippen molar-refractivity contribution in [1.82, 2.24) is 25.2 Å². The highest BCUT2D eigenvalue weighted by Crippen LogP contribution is 2.25. The number of pyridine rings is 1. The number of H-pyrrole nitrogens is 1. The van der Waals surface area contributed by atoms with Gasteiger partial charge in [0.15, 0.2) is 5.65 Å². The molecule has 3 N–H and O–H groups in total. The molecule has 0 unspecified atom stereocenters. The van der Waals surface area contributed by atoms with Crippen molar-refractivity contribution in [2.45, 2.75) is 0 Å². The number of hydrogen-bond acceptors (Lipinski definition) is 6.